The van der Waals surface area contributed by atoms with Crippen LogP contribution in [0.25, 0.3) is 10.9 Å². The summed E-state index contributed by atoms with van der Waals surface area (Å²) >= 11 is 5.35. The number of pyridine rings is 1. The molecule has 3 aromatic rings. The average molecular weight is 398 g/mol. The summed E-state index contributed by atoms with van der Waals surface area (Å²) in [7, 11) is 3.17. The first-order valence-corrected chi connectivity index (χ1v) is 9.31. The summed E-state index contributed by atoms with van der Waals surface area (Å²) in [6.07, 6.45) is 0.515. The number of rotatable bonds is 6. The number of aromatic amines is 1. The predicted octanol–water partition coefficient (Wildman–Crippen LogP) is 3.38. The Morgan fingerprint density at radius 3 is 2.54 bits per heavy atom. The lowest BCUT2D eigenvalue weighted by Gasteiger charge is -2.13. The first-order chi connectivity index (χ1) is 13.5. The summed E-state index contributed by atoms with van der Waals surface area (Å²) in [6, 6.07) is 13.4. The van der Waals surface area contributed by atoms with Crippen LogP contribution in [0.3, 0.4) is 0 Å². The number of para-hydroxylation sites is 1. The summed E-state index contributed by atoms with van der Waals surface area (Å²) in [4.78, 5) is 15.4. The predicted molar refractivity (Wildman–Crippen MR) is 117 cm³/mol. The van der Waals surface area contributed by atoms with E-state index in [9.17, 15) is 4.79 Å². The van der Waals surface area contributed by atoms with Crippen LogP contribution in [0.15, 0.2) is 47.3 Å². The van der Waals surface area contributed by atoms with Crippen molar-refractivity contribution >= 4 is 33.9 Å². The number of fused-ring (bicyclic) bond motifs is 1. The van der Waals surface area contributed by atoms with E-state index in [1.165, 1.54) is 0 Å². The number of aromatic nitrogens is 1. The molecule has 0 amide bonds. The quantitative estimate of drug-likeness (QED) is 0.554. The van der Waals surface area contributed by atoms with Crippen LogP contribution in [-0.4, -0.2) is 30.9 Å². The van der Waals surface area contributed by atoms with Gasteiger partial charge in [-0.15, -0.1) is 0 Å². The molecule has 0 atom stereocenters. The van der Waals surface area contributed by atoms with Crippen molar-refractivity contribution in [2.24, 2.45) is 0 Å². The van der Waals surface area contributed by atoms with Crippen LogP contribution >= 0.6 is 12.2 Å². The van der Waals surface area contributed by atoms with Gasteiger partial charge < -0.3 is 25.1 Å². The van der Waals surface area contributed by atoms with Crippen molar-refractivity contribution in [2.75, 3.05) is 26.1 Å². The van der Waals surface area contributed by atoms with Gasteiger partial charge in [-0.3, -0.25) is 4.79 Å². The molecule has 2 aromatic carbocycles. The number of benzene rings is 2. The molecule has 28 heavy (non-hydrogen) atoms. The molecule has 6 nitrogen and oxygen atoms in total. The van der Waals surface area contributed by atoms with Crippen LogP contribution in [0.5, 0.6) is 11.5 Å². The van der Waals surface area contributed by atoms with Crippen molar-refractivity contribution in [2.45, 2.75) is 13.3 Å². The molecule has 1 heterocycles. The third-order valence-electron chi connectivity index (χ3n) is 4.53. The van der Waals surface area contributed by atoms with Gasteiger partial charge in [0, 0.05) is 23.2 Å². The number of nitrogens with one attached hydrogen (secondary N) is 3. The van der Waals surface area contributed by atoms with Gasteiger partial charge in [0.2, 0.25) is 0 Å². The van der Waals surface area contributed by atoms with Gasteiger partial charge in [-0.1, -0.05) is 18.2 Å². The van der Waals surface area contributed by atoms with Crippen molar-refractivity contribution in [3.8, 4) is 11.5 Å². The molecule has 3 N–H and O–H groups in total. The minimum atomic E-state index is -0.154. The van der Waals surface area contributed by atoms with E-state index < -0.39 is 0 Å². The molecule has 0 aliphatic carbocycles. The number of H-pyrrole nitrogens is 1. The zero-order valence-electron chi connectivity index (χ0n) is 16.1. The minimum absolute atomic E-state index is 0.154. The Kier molecular flexibility index (Phi) is 6.16. The second-order valence-corrected chi connectivity index (χ2v) is 6.74. The fourth-order valence-corrected chi connectivity index (χ4v) is 3.22. The third kappa shape index (κ3) is 4.26. The Bertz CT molecular complexity index is 1060. The minimum Gasteiger partial charge on any atom is -0.496 e. The van der Waals surface area contributed by atoms with Gasteiger partial charge in [0.25, 0.3) is 5.56 Å². The van der Waals surface area contributed by atoms with Gasteiger partial charge in [-0.25, -0.2) is 0 Å². The Morgan fingerprint density at radius 1 is 1.11 bits per heavy atom. The highest BCUT2D eigenvalue weighted by atomic mass is 32.1. The highest BCUT2D eigenvalue weighted by molar-refractivity contribution is 7.80. The Labute approximate surface area is 168 Å². The number of hydrogen-bond acceptors (Lipinski definition) is 4. The smallest absolute Gasteiger partial charge is 0.251 e. The molecule has 7 heteroatoms. The van der Waals surface area contributed by atoms with Crippen molar-refractivity contribution in [1.29, 1.82) is 0 Å². The van der Waals surface area contributed by atoms with Crippen molar-refractivity contribution < 1.29 is 9.47 Å². The Morgan fingerprint density at radius 2 is 1.82 bits per heavy atom. The molecular weight excluding hydrogens is 374 g/mol. The SMILES string of the molecule is COc1ccc(OC)c2[nH]c(=O)c(CCNC(=S)Nc3ccccc3C)cc12. The fraction of sp³-hybridized carbons (Fsp3) is 0.238. The van der Waals surface area contributed by atoms with E-state index in [-0.39, 0.29) is 5.56 Å². The van der Waals surface area contributed by atoms with E-state index in [1.807, 2.05) is 43.3 Å². The Balaban J connectivity index is 1.72. The standard InChI is InChI=1S/C21H23N3O3S/c1-13-6-4-5-7-16(13)23-21(28)22-11-10-14-12-15-17(26-2)8-9-18(27-3)19(15)24-20(14)25/h4-9,12H,10-11H2,1-3H3,(H,24,25)(H2,22,23,28). The maximum Gasteiger partial charge on any atom is 0.251 e. The van der Waals surface area contributed by atoms with E-state index >= 15 is 0 Å². The second-order valence-electron chi connectivity index (χ2n) is 6.33. The monoisotopic (exact) mass is 397 g/mol. The van der Waals surface area contributed by atoms with Crippen molar-refractivity contribution in [1.82, 2.24) is 10.3 Å². The van der Waals surface area contributed by atoms with E-state index in [1.54, 1.807) is 20.3 Å². The van der Waals surface area contributed by atoms with Crippen molar-refractivity contribution in [3.05, 3.63) is 63.9 Å². The largest absolute Gasteiger partial charge is 0.496 e. The molecule has 0 aliphatic heterocycles. The second kappa shape index (κ2) is 8.75. The molecule has 0 unspecified atom stereocenters. The van der Waals surface area contributed by atoms with Crippen LogP contribution in [0, 0.1) is 6.92 Å². The molecule has 0 saturated carbocycles. The van der Waals surface area contributed by atoms with E-state index in [0.29, 0.717) is 40.7 Å². The summed E-state index contributed by atoms with van der Waals surface area (Å²) in [6.45, 7) is 2.54. The van der Waals surface area contributed by atoms with Gasteiger partial charge in [0.15, 0.2) is 5.11 Å². The van der Waals surface area contributed by atoms with Crippen LogP contribution < -0.4 is 25.7 Å². The van der Waals surface area contributed by atoms with Crippen LogP contribution in [0.1, 0.15) is 11.1 Å². The molecule has 3 rings (SSSR count). The maximum atomic E-state index is 12.5. The van der Waals surface area contributed by atoms with Crippen LogP contribution in [0.2, 0.25) is 0 Å². The molecule has 0 aliphatic rings. The highest BCUT2D eigenvalue weighted by Gasteiger charge is 2.11. The van der Waals surface area contributed by atoms with Gasteiger partial charge in [0.1, 0.15) is 11.5 Å². The number of aryl methyl sites for hydroxylation is 1. The number of anilines is 1. The molecule has 0 bridgehead atoms. The number of ether oxygens (including phenoxy) is 2. The maximum absolute atomic E-state index is 12.5. The molecule has 0 radical (unpaired) electrons. The van der Waals surface area contributed by atoms with Crippen LogP contribution in [0.4, 0.5) is 5.69 Å². The molecule has 146 valence electrons. The van der Waals surface area contributed by atoms with Crippen LogP contribution in [-0.2, 0) is 6.42 Å². The molecule has 0 saturated heterocycles. The summed E-state index contributed by atoms with van der Waals surface area (Å²) in [5, 5.41) is 7.64. The number of methoxy groups -OCH3 is 2. The zero-order valence-corrected chi connectivity index (χ0v) is 16.9. The molecular formula is C21H23N3O3S. The summed E-state index contributed by atoms with van der Waals surface area (Å²) < 4.78 is 10.8. The van der Waals surface area contributed by atoms with E-state index in [2.05, 4.69) is 15.6 Å². The highest BCUT2D eigenvalue weighted by Crippen LogP contribution is 2.31. The molecule has 0 fully saturated rings. The fourth-order valence-electron chi connectivity index (χ4n) is 3.01. The lowest BCUT2D eigenvalue weighted by molar-refractivity contribution is 0.409. The summed E-state index contributed by atoms with van der Waals surface area (Å²) in [5.74, 6) is 1.28. The Hall–Kier alpha value is -3.06. The average Bonchev–Trinajstić information content (AvgIpc) is 2.69. The topological polar surface area (TPSA) is 75.4 Å². The van der Waals surface area contributed by atoms with E-state index in [4.69, 9.17) is 21.7 Å². The van der Waals surface area contributed by atoms with Gasteiger partial charge in [0.05, 0.1) is 19.7 Å². The van der Waals surface area contributed by atoms with Gasteiger partial charge in [-0.2, -0.15) is 0 Å². The summed E-state index contributed by atoms with van der Waals surface area (Å²) in [5.41, 5.74) is 3.18. The third-order valence-corrected chi connectivity index (χ3v) is 4.78. The molecule has 1 aromatic heterocycles. The molecule has 0 spiro atoms. The zero-order chi connectivity index (χ0) is 20.1. The van der Waals surface area contributed by atoms with E-state index in [0.717, 1.165) is 16.6 Å². The first-order valence-electron chi connectivity index (χ1n) is 8.91. The number of thiocarbonyl (C=S) groups is 1. The normalized spacial score (nSPS) is 10.5. The number of hydrogen-bond donors (Lipinski definition) is 3. The lowest BCUT2D eigenvalue weighted by Crippen LogP contribution is -2.31. The lowest BCUT2D eigenvalue weighted by atomic mass is 10.1. The first kappa shape index (κ1) is 19.7. The van der Waals surface area contributed by atoms with Crippen molar-refractivity contribution in [3.63, 3.8) is 0 Å². The van der Waals surface area contributed by atoms with Gasteiger partial charge in [-0.05, 0) is 55.4 Å². The van der Waals surface area contributed by atoms with Gasteiger partial charge >= 0.3 is 0 Å².